The molecule has 1 rings (SSSR count). The molecule has 0 saturated carbocycles. The van der Waals surface area contributed by atoms with Crippen molar-refractivity contribution >= 4 is 12.0 Å². The zero-order chi connectivity index (χ0) is 14.6. The van der Waals surface area contributed by atoms with Crippen molar-refractivity contribution in [3.8, 4) is 0 Å². The van der Waals surface area contributed by atoms with E-state index in [1.807, 2.05) is 0 Å². The summed E-state index contributed by atoms with van der Waals surface area (Å²) in [4.78, 5) is 25.0. The molecule has 1 heterocycles. The van der Waals surface area contributed by atoms with E-state index in [2.05, 4.69) is 19.2 Å². The van der Waals surface area contributed by atoms with Gasteiger partial charge >= 0.3 is 12.0 Å². The summed E-state index contributed by atoms with van der Waals surface area (Å²) in [6.45, 7) is 9.35. The SMILES string of the molecule is CCC1(CC)CCN(C(=O)N[C@H](C(=O)O)C(C)C)C1. The van der Waals surface area contributed by atoms with E-state index in [0.29, 0.717) is 0 Å². The van der Waals surface area contributed by atoms with Crippen molar-refractivity contribution in [3.63, 3.8) is 0 Å². The van der Waals surface area contributed by atoms with Crippen LogP contribution in [0.2, 0.25) is 0 Å². The Morgan fingerprint density at radius 2 is 1.89 bits per heavy atom. The summed E-state index contributed by atoms with van der Waals surface area (Å²) in [7, 11) is 0. The minimum atomic E-state index is -0.972. The van der Waals surface area contributed by atoms with Gasteiger partial charge in [-0.2, -0.15) is 0 Å². The molecule has 0 aromatic carbocycles. The number of carboxylic acids is 1. The van der Waals surface area contributed by atoms with Gasteiger partial charge in [0.15, 0.2) is 0 Å². The first-order valence-corrected chi connectivity index (χ1v) is 7.13. The van der Waals surface area contributed by atoms with Crippen molar-refractivity contribution in [1.82, 2.24) is 10.2 Å². The molecule has 0 spiro atoms. The second kappa shape index (κ2) is 6.26. The number of carboxylic acid groups (broad SMARTS) is 1. The smallest absolute Gasteiger partial charge is 0.326 e. The third-order valence-corrected chi connectivity index (χ3v) is 4.44. The quantitative estimate of drug-likeness (QED) is 0.805. The third kappa shape index (κ3) is 3.61. The molecule has 5 heteroatoms. The minimum Gasteiger partial charge on any atom is -0.480 e. The van der Waals surface area contributed by atoms with Gasteiger partial charge in [-0.1, -0.05) is 27.7 Å². The monoisotopic (exact) mass is 270 g/mol. The number of rotatable bonds is 5. The maximum atomic E-state index is 12.1. The van der Waals surface area contributed by atoms with Gasteiger partial charge in [0.2, 0.25) is 0 Å². The number of urea groups is 1. The second-order valence-corrected chi connectivity index (χ2v) is 5.89. The molecule has 0 radical (unpaired) electrons. The number of hydrogen-bond acceptors (Lipinski definition) is 2. The third-order valence-electron chi connectivity index (χ3n) is 4.44. The van der Waals surface area contributed by atoms with Crippen LogP contribution >= 0.6 is 0 Å². The van der Waals surface area contributed by atoms with Gasteiger partial charge < -0.3 is 15.3 Å². The molecule has 0 unspecified atom stereocenters. The molecule has 2 amide bonds. The highest BCUT2D eigenvalue weighted by Crippen LogP contribution is 2.36. The van der Waals surface area contributed by atoms with Gasteiger partial charge in [0.05, 0.1) is 0 Å². The predicted octanol–water partition coefficient (Wildman–Crippen LogP) is 2.32. The van der Waals surface area contributed by atoms with E-state index >= 15 is 0 Å². The number of carbonyl (C=O) groups excluding carboxylic acids is 1. The molecule has 1 aliphatic heterocycles. The average Bonchev–Trinajstić information content (AvgIpc) is 2.80. The Balaban J connectivity index is 2.63. The van der Waals surface area contributed by atoms with Crippen LogP contribution in [0, 0.1) is 11.3 Å². The Labute approximate surface area is 115 Å². The van der Waals surface area contributed by atoms with Crippen LogP contribution in [-0.4, -0.2) is 41.1 Å². The van der Waals surface area contributed by atoms with Crippen LogP contribution in [0.1, 0.15) is 47.0 Å². The molecule has 0 bridgehead atoms. The van der Waals surface area contributed by atoms with E-state index in [0.717, 1.165) is 32.4 Å². The van der Waals surface area contributed by atoms with E-state index in [4.69, 9.17) is 5.11 Å². The first kappa shape index (κ1) is 15.8. The normalized spacial score (nSPS) is 19.5. The van der Waals surface area contributed by atoms with Crippen molar-refractivity contribution in [2.45, 2.75) is 53.0 Å². The highest BCUT2D eigenvalue weighted by molar-refractivity contribution is 5.82. The van der Waals surface area contributed by atoms with E-state index in [9.17, 15) is 9.59 Å². The molecule has 19 heavy (non-hydrogen) atoms. The van der Waals surface area contributed by atoms with Crippen LogP contribution in [0.4, 0.5) is 4.79 Å². The first-order valence-electron chi connectivity index (χ1n) is 7.13. The second-order valence-electron chi connectivity index (χ2n) is 5.89. The van der Waals surface area contributed by atoms with E-state index in [1.165, 1.54) is 0 Å². The molecule has 1 saturated heterocycles. The van der Waals surface area contributed by atoms with E-state index in [-0.39, 0.29) is 17.4 Å². The molecule has 0 aromatic heterocycles. The molecule has 1 atom stereocenters. The molecular weight excluding hydrogens is 244 g/mol. The highest BCUT2D eigenvalue weighted by Gasteiger charge is 2.38. The van der Waals surface area contributed by atoms with Gasteiger partial charge in [0.1, 0.15) is 6.04 Å². The lowest BCUT2D eigenvalue weighted by Gasteiger charge is -2.27. The average molecular weight is 270 g/mol. The summed E-state index contributed by atoms with van der Waals surface area (Å²) >= 11 is 0. The topological polar surface area (TPSA) is 69.6 Å². The fourth-order valence-corrected chi connectivity index (χ4v) is 2.67. The van der Waals surface area contributed by atoms with E-state index in [1.54, 1.807) is 18.7 Å². The molecule has 1 fully saturated rings. The van der Waals surface area contributed by atoms with Crippen LogP contribution in [0.25, 0.3) is 0 Å². The van der Waals surface area contributed by atoms with Gasteiger partial charge in [-0.25, -0.2) is 9.59 Å². The molecule has 110 valence electrons. The fraction of sp³-hybridized carbons (Fsp3) is 0.857. The standard InChI is InChI=1S/C14H26N2O3/c1-5-14(6-2)7-8-16(9-14)13(19)15-11(10(3)4)12(17)18/h10-11H,5-9H2,1-4H3,(H,15,19)(H,17,18)/t11-/m0/s1. The summed E-state index contributed by atoms with van der Waals surface area (Å²) in [5.41, 5.74) is 0.216. The van der Waals surface area contributed by atoms with Gasteiger partial charge in [-0.3, -0.25) is 0 Å². The summed E-state index contributed by atoms with van der Waals surface area (Å²) in [6.07, 6.45) is 3.12. The van der Waals surface area contributed by atoms with Crippen molar-refractivity contribution in [1.29, 1.82) is 0 Å². The summed E-state index contributed by atoms with van der Waals surface area (Å²) in [5.74, 6) is -1.09. The Morgan fingerprint density at radius 3 is 2.26 bits per heavy atom. The van der Waals surface area contributed by atoms with Gasteiger partial charge in [-0.05, 0) is 30.6 Å². The van der Waals surface area contributed by atoms with Crippen molar-refractivity contribution in [3.05, 3.63) is 0 Å². The minimum absolute atomic E-state index is 0.119. The molecule has 0 aliphatic carbocycles. The molecule has 0 aromatic rings. The van der Waals surface area contributed by atoms with Gasteiger partial charge in [0.25, 0.3) is 0 Å². The summed E-state index contributed by atoms with van der Waals surface area (Å²) in [5, 5.41) is 11.7. The largest absolute Gasteiger partial charge is 0.480 e. The lowest BCUT2D eigenvalue weighted by atomic mass is 9.82. The van der Waals surface area contributed by atoms with Gasteiger partial charge in [-0.15, -0.1) is 0 Å². The van der Waals surface area contributed by atoms with Crippen LogP contribution in [-0.2, 0) is 4.79 Å². The first-order chi connectivity index (χ1) is 8.85. The Kier molecular flexibility index (Phi) is 5.20. The maximum absolute atomic E-state index is 12.1. The predicted molar refractivity (Wildman–Crippen MR) is 74.0 cm³/mol. The Hall–Kier alpha value is -1.26. The van der Waals surface area contributed by atoms with E-state index < -0.39 is 12.0 Å². The van der Waals surface area contributed by atoms with Crippen LogP contribution in [0.15, 0.2) is 0 Å². The number of carbonyl (C=O) groups is 2. The number of likely N-dealkylation sites (tertiary alicyclic amines) is 1. The van der Waals surface area contributed by atoms with Crippen LogP contribution in [0.5, 0.6) is 0 Å². The number of hydrogen-bond donors (Lipinski definition) is 2. The number of nitrogens with zero attached hydrogens (tertiary/aromatic N) is 1. The lowest BCUT2D eigenvalue weighted by molar-refractivity contribution is -0.140. The van der Waals surface area contributed by atoms with Gasteiger partial charge in [0, 0.05) is 13.1 Å². The Bertz CT molecular complexity index is 338. The van der Waals surface area contributed by atoms with Crippen molar-refractivity contribution in [2.24, 2.45) is 11.3 Å². The lowest BCUT2D eigenvalue weighted by Crippen LogP contribution is -2.49. The fourth-order valence-electron chi connectivity index (χ4n) is 2.67. The molecule has 1 aliphatic rings. The van der Waals surface area contributed by atoms with Crippen molar-refractivity contribution < 1.29 is 14.7 Å². The zero-order valence-corrected chi connectivity index (χ0v) is 12.4. The molecule has 5 nitrogen and oxygen atoms in total. The molecule has 2 N–H and O–H groups in total. The van der Waals surface area contributed by atoms with Crippen molar-refractivity contribution in [2.75, 3.05) is 13.1 Å². The zero-order valence-electron chi connectivity index (χ0n) is 12.4. The highest BCUT2D eigenvalue weighted by atomic mass is 16.4. The number of aliphatic carboxylic acids is 1. The molecular formula is C14H26N2O3. The summed E-state index contributed by atoms with van der Waals surface area (Å²) in [6, 6.07) is -1.06. The summed E-state index contributed by atoms with van der Waals surface area (Å²) < 4.78 is 0. The number of amides is 2. The Morgan fingerprint density at radius 1 is 1.32 bits per heavy atom. The van der Waals surface area contributed by atoms with Crippen LogP contribution in [0.3, 0.4) is 0 Å². The number of nitrogens with one attached hydrogen (secondary N) is 1. The van der Waals surface area contributed by atoms with Crippen LogP contribution < -0.4 is 5.32 Å². The maximum Gasteiger partial charge on any atom is 0.326 e.